The zero-order valence-electron chi connectivity index (χ0n) is 18.7. The van der Waals surface area contributed by atoms with Gasteiger partial charge in [-0.25, -0.2) is 9.78 Å². The van der Waals surface area contributed by atoms with Crippen LogP contribution in [0.4, 0.5) is 5.13 Å². The van der Waals surface area contributed by atoms with Gasteiger partial charge in [-0.15, -0.1) is 11.3 Å². The number of benzene rings is 1. The number of aliphatic hydroxyl groups excluding tert-OH is 1. The molecule has 0 radical (unpaired) electrons. The first-order valence-corrected chi connectivity index (χ1v) is 12.2. The fraction of sp³-hybridized carbons (Fsp3) is 0.250. The zero-order chi connectivity index (χ0) is 24.4. The van der Waals surface area contributed by atoms with Crippen molar-refractivity contribution in [3.8, 4) is 5.75 Å². The normalized spacial score (nSPS) is 15.7. The van der Waals surface area contributed by atoms with Crippen molar-refractivity contribution < 1.29 is 29.0 Å². The number of nitrogens with zero attached hydrogens (tertiary/aromatic N) is 2. The van der Waals surface area contributed by atoms with Gasteiger partial charge in [-0.1, -0.05) is 36.5 Å². The zero-order valence-corrected chi connectivity index (χ0v) is 20.4. The smallest absolute Gasteiger partial charge is 0.350 e. The fourth-order valence-corrected chi connectivity index (χ4v) is 5.31. The summed E-state index contributed by atoms with van der Waals surface area (Å²) in [5.41, 5.74) is 0.940. The number of ether oxygens (including phenoxy) is 2. The molecule has 0 aliphatic carbocycles. The molecule has 1 N–H and O–H groups in total. The molecule has 0 saturated carbocycles. The number of carbonyl (C=O) groups is 3. The predicted molar refractivity (Wildman–Crippen MR) is 129 cm³/mol. The summed E-state index contributed by atoms with van der Waals surface area (Å²) < 4.78 is 10.5. The number of hydrogen-bond donors (Lipinski definition) is 1. The minimum atomic E-state index is -0.932. The number of rotatable bonds is 8. The molecule has 176 valence electrons. The predicted octanol–water partition coefficient (Wildman–Crippen LogP) is 4.87. The Labute approximate surface area is 204 Å². The monoisotopic (exact) mass is 498 g/mol. The van der Waals surface area contributed by atoms with E-state index in [9.17, 15) is 19.5 Å². The summed E-state index contributed by atoms with van der Waals surface area (Å²) >= 11 is 2.19. The number of Topliss-reactive ketones (excluding diaryl/α,β-unsaturated/α-hetero) is 1. The Morgan fingerprint density at radius 3 is 2.56 bits per heavy atom. The maximum Gasteiger partial charge on any atom is 0.350 e. The highest BCUT2D eigenvalue weighted by molar-refractivity contribution is 7.17. The molecule has 0 saturated heterocycles. The number of carbonyl (C=O) groups excluding carboxylic acids is 3. The largest absolute Gasteiger partial charge is 0.503 e. The highest BCUT2D eigenvalue weighted by atomic mass is 32.1. The molecule has 1 atom stereocenters. The number of anilines is 1. The number of esters is 1. The van der Waals surface area contributed by atoms with Gasteiger partial charge in [0.05, 0.1) is 35.9 Å². The number of ketones is 1. The molecule has 34 heavy (non-hydrogen) atoms. The van der Waals surface area contributed by atoms with Crippen LogP contribution in [0.15, 0.2) is 53.1 Å². The second-order valence-electron chi connectivity index (χ2n) is 7.47. The second-order valence-corrected chi connectivity index (χ2v) is 9.39. The molecule has 4 rings (SSSR count). The second kappa shape index (κ2) is 9.78. The summed E-state index contributed by atoms with van der Waals surface area (Å²) in [6, 6.07) is 9.44. The fourth-order valence-electron chi connectivity index (χ4n) is 3.62. The van der Waals surface area contributed by atoms with Crippen molar-refractivity contribution in [3.05, 3.63) is 74.1 Å². The molecule has 1 amide bonds. The lowest BCUT2D eigenvalue weighted by molar-refractivity contribution is -0.117. The molecule has 10 heteroatoms. The lowest BCUT2D eigenvalue weighted by atomic mass is 9.95. The van der Waals surface area contributed by atoms with Crippen LogP contribution in [0.3, 0.4) is 0 Å². The van der Waals surface area contributed by atoms with Crippen LogP contribution in [0.25, 0.3) is 0 Å². The summed E-state index contributed by atoms with van der Waals surface area (Å²) in [4.78, 5) is 45.0. The van der Waals surface area contributed by atoms with E-state index >= 15 is 0 Å². The molecule has 2 aromatic heterocycles. The Balaban J connectivity index is 1.82. The highest BCUT2D eigenvalue weighted by Crippen LogP contribution is 2.44. The minimum absolute atomic E-state index is 0.0397. The molecule has 0 fully saturated rings. The van der Waals surface area contributed by atoms with E-state index in [1.54, 1.807) is 48.7 Å². The van der Waals surface area contributed by atoms with Crippen molar-refractivity contribution in [2.75, 3.05) is 18.6 Å². The molecule has 0 spiro atoms. The summed E-state index contributed by atoms with van der Waals surface area (Å²) in [6.45, 7) is 4.20. The molecule has 1 aliphatic heterocycles. The number of methoxy groups -OCH3 is 1. The van der Waals surface area contributed by atoms with Gasteiger partial charge in [-0.2, -0.15) is 0 Å². The average Bonchev–Trinajstić information content (AvgIpc) is 3.56. The van der Waals surface area contributed by atoms with E-state index < -0.39 is 29.5 Å². The van der Waals surface area contributed by atoms with E-state index in [4.69, 9.17) is 9.47 Å². The van der Waals surface area contributed by atoms with Gasteiger partial charge in [-0.3, -0.25) is 14.5 Å². The van der Waals surface area contributed by atoms with Crippen molar-refractivity contribution in [3.63, 3.8) is 0 Å². The number of aryl methyl sites for hydroxylation is 1. The van der Waals surface area contributed by atoms with Gasteiger partial charge in [0.2, 0.25) is 5.78 Å². The topological polar surface area (TPSA) is 106 Å². The van der Waals surface area contributed by atoms with E-state index in [2.05, 4.69) is 4.98 Å². The molecular weight excluding hydrogens is 476 g/mol. The first-order chi connectivity index (χ1) is 16.4. The number of aliphatic hydroxyl groups is 1. The summed E-state index contributed by atoms with van der Waals surface area (Å²) in [5, 5.41) is 12.8. The van der Waals surface area contributed by atoms with Crippen LogP contribution in [0.1, 0.15) is 50.0 Å². The SMILES string of the molecule is CCCOc1ccc([C@H]2C(C(=O)c3cccs3)=C(O)C(=O)N2c2nc(C)c(C(=O)OC)s2)cc1. The Hall–Kier alpha value is -3.50. The maximum absolute atomic E-state index is 13.4. The van der Waals surface area contributed by atoms with Gasteiger partial charge in [-0.05, 0) is 42.5 Å². The molecule has 3 aromatic rings. The van der Waals surface area contributed by atoms with Crippen molar-refractivity contribution in [2.45, 2.75) is 26.3 Å². The Morgan fingerprint density at radius 1 is 1.21 bits per heavy atom. The third-order valence-electron chi connectivity index (χ3n) is 5.23. The lowest BCUT2D eigenvalue weighted by Gasteiger charge is -2.24. The quantitative estimate of drug-likeness (QED) is 0.349. The molecule has 8 nitrogen and oxygen atoms in total. The van der Waals surface area contributed by atoms with E-state index in [0.717, 1.165) is 17.8 Å². The Kier molecular flexibility index (Phi) is 6.80. The van der Waals surface area contributed by atoms with Gasteiger partial charge >= 0.3 is 5.97 Å². The number of thiazole rings is 1. The number of thiophene rings is 1. The van der Waals surface area contributed by atoms with Gasteiger partial charge in [0.25, 0.3) is 5.91 Å². The molecule has 1 aliphatic rings. The molecular formula is C24H22N2O6S2. The van der Waals surface area contributed by atoms with Gasteiger partial charge < -0.3 is 14.6 Å². The van der Waals surface area contributed by atoms with Crippen LogP contribution in [-0.4, -0.2) is 41.5 Å². The first kappa shape index (κ1) is 23.7. The number of aromatic nitrogens is 1. The summed E-state index contributed by atoms with van der Waals surface area (Å²) in [7, 11) is 1.26. The van der Waals surface area contributed by atoms with Crippen molar-refractivity contribution in [1.29, 1.82) is 0 Å². The van der Waals surface area contributed by atoms with Crippen LogP contribution in [0.2, 0.25) is 0 Å². The molecule has 0 unspecified atom stereocenters. The molecule has 1 aromatic carbocycles. The van der Waals surface area contributed by atoms with Crippen molar-refractivity contribution in [2.24, 2.45) is 0 Å². The van der Waals surface area contributed by atoms with E-state index in [-0.39, 0.29) is 15.6 Å². The summed E-state index contributed by atoms with van der Waals surface area (Å²) in [6.07, 6.45) is 0.856. The number of amides is 1. The first-order valence-electron chi connectivity index (χ1n) is 10.5. The van der Waals surface area contributed by atoms with Gasteiger partial charge in [0.1, 0.15) is 10.6 Å². The minimum Gasteiger partial charge on any atom is -0.503 e. The van der Waals surface area contributed by atoms with Gasteiger partial charge in [0, 0.05) is 0 Å². The van der Waals surface area contributed by atoms with Crippen LogP contribution in [0.5, 0.6) is 5.75 Å². The van der Waals surface area contributed by atoms with Crippen LogP contribution in [0, 0.1) is 6.92 Å². The lowest BCUT2D eigenvalue weighted by Crippen LogP contribution is -2.31. The van der Waals surface area contributed by atoms with Crippen LogP contribution < -0.4 is 9.64 Å². The molecule has 3 heterocycles. The van der Waals surface area contributed by atoms with E-state index in [1.165, 1.54) is 23.3 Å². The number of hydrogen-bond acceptors (Lipinski definition) is 9. The van der Waals surface area contributed by atoms with E-state index in [0.29, 0.717) is 28.5 Å². The third kappa shape index (κ3) is 4.22. The van der Waals surface area contributed by atoms with Gasteiger partial charge in [0.15, 0.2) is 10.9 Å². The van der Waals surface area contributed by atoms with Crippen LogP contribution >= 0.6 is 22.7 Å². The average molecular weight is 499 g/mol. The van der Waals surface area contributed by atoms with Crippen molar-refractivity contribution in [1.82, 2.24) is 4.98 Å². The van der Waals surface area contributed by atoms with Crippen molar-refractivity contribution >= 4 is 45.5 Å². The van der Waals surface area contributed by atoms with E-state index in [1.807, 2.05) is 6.92 Å². The highest BCUT2D eigenvalue weighted by Gasteiger charge is 2.46. The third-order valence-corrected chi connectivity index (χ3v) is 7.23. The summed E-state index contributed by atoms with van der Waals surface area (Å²) in [5.74, 6) is -1.77. The standard InChI is InChI=1S/C24H22N2O6S2/c1-4-11-32-15-9-7-14(8-10-15)18-17(19(27)16-6-5-12-33-16)20(28)22(29)26(18)24-25-13(2)21(34-24)23(30)31-3/h5-10,12,18,28H,4,11H2,1-3H3/t18-/m0/s1. The molecule has 0 bridgehead atoms. The van der Waals surface area contributed by atoms with Crippen LogP contribution in [-0.2, 0) is 9.53 Å². The Morgan fingerprint density at radius 2 is 1.94 bits per heavy atom. The maximum atomic E-state index is 13.4. The Bertz CT molecular complexity index is 1260.